The van der Waals surface area contributed by atoms with Crippen molar-refractivity contribution in [3.63, 3.8) is 0 Å². The molecule has 0 N–H and O–H groups in total. The molecule has 1 unspecified atom stereocenters. The summed E-state index contributed by atoms with van der Waals surface area (Å²) >= 11 is 4.95. The molecule has 1 aliphatic heterocycles. The fourth-order valence-electron chi connectivity index (χ4n) is 2.15. The van der Waals surface area contributed by atoms with E-state index in [1.54, 1.807) is 11.3 Å². The fourth-order valence-corrected chi connectivity index (χ4v) is 3.28. The third kappa shape index (κ3) is 3.26. The van der Waals surface area contributed by atoms with E-state index in [2.05, 4.69) is 29.8 Å². The van der Waals surface area contributed by atoms with Crippen molar-refractivity contribution in [2.24, 2.45) is 5.41 Å². The molecule has 1 saturated heterocycles. The summed E-state index contributed by atoms with van der Waals surface area (Å²) in [6.45, 7) is 8.08. The van der Waals surface area contributed by atoms with Crippen LogP contribution in [0, 0.1) is 12.3 Å². The van der Waals surface area contributed by atoms with Crippen LogP contribution >= 0.6 is 27.3 Å². The Labute approximate surface area is 115 Å². The molecule has 1 aliphatic rings. The van der Waals surface area contributed by atoms with E-state index in [-0.39, 0.29) is 11.3 Å². The Hall–Kier alpha value is -0.480. The predicted octanol–water partition coefficient (Wildman–Crippen LogP) is 3.98. The normalized spacial score (nSPS) is 25.6. The van der Waals surface area contributed by atoms with Crippen LogP contribution in [0.1, 0.15) is 36.5 Å². The van der Waals surface area contributed by atoms with Crippen LogP contribution in [0.4, 0.5) is 0 Å². The van der Waals surface area contributed by atoms with Crippen molar-refractivity contribution < 1.29 is 4.79 Å². The number of amides is 1. The number of likely N-dealkylation sites (tertiary alicyclic amines) is 1. The Bertz CT molecular complexity index is 413. The van der Waals surface area contributed by atoms with Gasteiger partial charge in [0.25, 0.3) is 5.91 Å². The van der Waals surface area contributed by atoms with E-state index in [1.165, 1.54) is 0 Å². The zero-order chi connectivity index (χ0) is 12.5. The third-order valence-corrected chi connectivity index (χ3v) is 4.80. The molecule has 1 fully saturated rings. The molecule has 1 atom stereocenters. The molecule has 0 radical (unpaired) electrons. The molecular formula is C13H17BrNOS+. The van der Waals surface area contributed by atoms with E-state index in [1.807, 2.05) is 16.3 Å². The average molecular weight is 315 g/mol. The van der Waals surface area contributed by atoms with Crippen LogP contribution in [0.25, 0.3) is 0 Å². The van der Waals surface area contributed by atoms with Crippen LogP contribution in [0.15, 0.2) is 15.2 Å². The molecule has 0 aliphatic carbocycles. The van der Waals surface area contributed by atoms with Crippen molar-refractivity contribution in [1.29, 1.82) is 0 Å². The molecule has 0 bridgehead atoms. The van der Waals surface area contributed by atoms with E-state index >= 15 is 0 Å². The minimum absolute atomic E-state index is 0.129. The Balaban J connectivity index is 2.05. The van der Waals surface area contributed by atoms with Gasteiger partial charge in [-0.05, 0) is 41.8 Å². The first-order valence-electron chi connectivity index (χ1n) is 5.87. The Morgan fingerprint density at radius 2 is 2.29 bits per heavy atom. The smallest absolute Gasteiger partial charge is 0.254 e. The molecule has 0 aromatic carbocycles. The Morgan fingerprint density at radius 1 is 1.53 bits per heavy atom. The lowest BCUT2D eigenvalue weighted by Crippen LogP contribution is -2.32. The van der Waals surface area contributed by atoms with Gasteiger partial charge in [-0.3, -0.25) is 4.79 Å². The summed E-state index contributed by atoms with van der Waals surface area (Å²) in [6.07, 6.45) is 3.14. The predicted molar refractivity (Wildman–Crippen MR) is 75.2 cm³/mol. The van der Waals surface area contributed by atoms with Gasteiger partial charge in [-0.15, -0.1) is 11.3 Å². The largest absolute Gasteiger partial charge is 0.338 e. The summed E-state index contributed by atoms with van der Waals surface area (Å²) in [6, 6.07) is 1.90. The van der Waals surface area contributed by atoms with Crippen molar-refractivity contribution in [3.05, 3.63) is 27.7 Å². The first-order valence-corrected chi connectivity index (χ1v) is 7.54. The summed E-state index contributed by atoms with van der Waals surface area (Å²) < 4.78 is 1.01. The number of halogens is 1. The maximum atomic E-state index is 12.3. The van der Waals surface area contributed by atoms with Crippen molar-refractivity contribution in [2.75, 3.05) is 13.1 Å². The molecule has 2 nitrogen and oxygen atoms in total. The first kappa shape index (κ1) is 13.0. The number of carbonyl (C=O) groups is 1. The van der Waals surface area contributed by atoms with Crippen molar-refractivity contribution in [1.82, 2.24) is 4.90 Å². The van der Waals surface area contributed by atoms with Crippen molar-refractivity contribution in [2.45, 2.75) is 26.2 Å². The van der Waals surface area contributed by atoms with E-state index in [0.717, 1.165) is 41.7 Å². The van der Waals surface area contributed by atoms with Gasteiger partial charge in [0, 0.05) is 24.9 Å². The number of carbonyl (C=O) groups excluding carboxylic acids is 1. The highest BCUT2D eigenvalue weighted by molar-refractivity contribution is 9.11. The fraction of sp³-hybridized carbons (Fsp3) is 0.538. The third-order valence-electron chi connectivity index (χ3n) is 3.30. The molecule has 92 valence electrons. The number of hydrogen-bond donors (Lipinski definition) is 0. The zero-order valence-corrected chi connectivity index (χ0v) is 12.4. The summed E-state index contributed by atoms with van der Waals surface area (Å²) in [5.41, 5.74) is 0.930. The summed E-state index contributed by atoms with van der Waals surface area (Å²) in [4.78, 5) is 14.2. The first-order chi connectivity index (χ1) is 7.98. The molecule has 0 spiro atoms. The second-order valence-corrected chi connectivity index (χ2v) is 7.39. The van der Waals surface area contributed by atoms with Crippen molar-refractivity contribution in [3.8, 4) is 0 Å². The highest BCUT2D eigenvalue weighted by Crippen LogP contribution is 2.30. The van der Waals surface area contributed by atoms with Crippen LogP contribution < -0.4 is 0 Å². The van der Waals surface area contributed by atoms with Crippen LogP contribution in [-0.4, -0.2) is 23.9 Å². The van der Waals surface area contributed by atoms with E-state index in [9.17, 15) is 4.79 Å². The molecule has 17 heavy (non-hydrogen) atoms. The highest BCUT2D eigenvalue weighted by Gasteiger charge is 2.31. The number of thiophene rings is 1. The summed E-state index contributed by atoms with van der Waals surface area (Å²) in [7, 11) is 0. The molecule has 0 saturated carbocycles. The number of nitrogens with zero attached hydrogens (tertiary/aromatic N) is 1. The van der Waals surface area contributed by atoms with Gasteiger partial charge in [-0.1, -0.05) is 0 Å². The second kappa shape index (κ2) is 5.02. The zero-order valence-electron chi connectivity index (χ0n) is 10.0. The van der Waals surface area contributed by atoms with Crippen molar-refractivity contribution >= 4 is 33.2 Å². The number of rotatable bonds is 1. The van der Waals surface area contributed by atoms with Gasteiger partial charge < -0.3 is 4.90 Å². The van der Waals surface area contributed by atoms with Gasteiger partial charge in [0.1, 0.15) is 5.41 Å². The van der Waals surface area contributed by atoms with Gasteiger partial charge >= 0.3 is 0 Å². The molecule has 1 amide bonds. The standard InChI is InChI=1S/C13H17BrNOS/c1-13(2)4-3-6-15(7-5-13)12(16)10-8-11(14)17-9-10/h8-9H,1,3-7H2,2H3/q+1. The minimum atomic E-state index is 0.129. The molecule has 2 heterocycles. The Morgan fingerprint density at radius 3 is 2.94 bits per heavy atom. The van der Waals surface area contributed by atoms with Gasteiger partial charge in [0.2, 0.25) is 0 Å². The average Bonchev–Trinajstić information content (AvgIpc) is 2.60. The van der Waals surface area contributed by atoms with E-state index in [4.69, 9.17) is 0 Å². The minimum Gasteiger partial charge on any atom is -0.338 e. The monoisotopic (exact) mass is 314 g/mol. The summed E-state index contributed by atoms with van der Waals surface area (Å²) in [5.74, 6) is 0.157. The molecule has 1 aromatic heterocycles. The highest BCUT2D eigenvalue weighted by atomic mass is 79.9. The van der Waals surface area contributed by atoms with E-state index in [0.29, 0.717) is 0 Å². The maximum Gasteiger partial charge on any atom is 0.254 e. The SMILES string of the molecule is [CH2+]C1(C)CCCN(C(=O)c2csc(Br)c2)CC1. The number of hydrogen-bond acceptors (Lipinski definition) is 2. The van der Waals surface area contributed by atoms with Gasteiger partial charge in [-0.2, -0.15) is 0 Å². The lowest BCUT2D eigenvalue weighted by Gasteiger charge is -2.20. The Kier molecular flexibility index (Phi) is 3.83. The van der Waals surface area contributed by atoms with Crippen LogP contribution in [0.5, 0.6) is 0 Å². The lowest BCUT2D eigenvalue weighted by atomic mass is 9.85. The molecule has 1 aromatic rings. The van der Waals surface area contributed by atoms with Crippen LogP contribution in [-0.2, 0) is 0 Å². The second-order valence-electron chi connectivity index (χ2n) is 5.10. The molecule has 4 heteroatoms. The van der Waals surface area contributed by atoms with Crippen LogP contribution in [0.2, 0.25) is 0 Å². The van der Waals surface area contributed by atoms with Gasteiger partial charge in [0.15, 0.2) is 0 Å². The van der Waals surface area contributed by atoms with Gasteiger partial charge in [0.05, 0.1) is 16.3 Å². The lowest BCUT2D eigenvalue weighted by molar-refractivity contribution is 0.0759. The quantitative estimate of drug-likeness (QED) is 0.718. The molecule has 2 rings (SSSR count). The maximum absolute atomic E-state index is 12.3. The topological polar surface area (TPSA) is 20.3 Å². The van der Waals surface area contributed by atoms with Crippen LogP contribution in [0.3, 0.4) is 0 Å². The van der Waals surface area contributed by atoms with E-state index < -0.39 is 0 Å². The van der Waals surface area contributed by atoms with Gasteiger partial charge in [-0.25, -0.2) is 0 Å². The summed E-state index contributed by atoms with van der Waals surface area (Å²) in [5, 5.41) is 1.92. The molecular weight excluding hydrogens is 298 g/mol.